The van der Waals surface area contributed by atoms with Gasteiger partial charge < -0.3 is 24.2 Å². The van der Waals surface area contributed by atoms with Gasteiger partial charge in [0.25, 0.3) is 0 Å². The fourth-order valence-electron chi connectivity index (χ4n) is 6.73. The monoisotopic (exact) mass is 435 g/mol. The lowest BCUT2D eigenvalue weighted by Gasteiger charge is -2.58. The third-order valence-electron chi connectivity index (χ3n) is 8.07. The summed E-state index contributed by atoms with van der Waals surface area (Å²) in [6, 6.07) is 12.4. The molecule has 2 aliphatic heterocycles. The van der Waals surface area contributed by atoms with E-state index in [1.807, 2.05) is 18.2 Å². The van der Waals surface area contributed by atoms with Crippen LogP contribution in [0, 0.1) is 5.92 Å². The molecular formula is C26H29NO5. The van der Waals surface area contributed by atoms with Crippen molar-refractivity contribution < 1.29 is 24.1 Å². The Bertz CT molecular complexity index is 1040. The molecule has 1 N–H and O–H groups in total. The van der Waals surface area contributed by atoms with Crippen molar-refractivity contribution in [2.75, 3.05) is 19.8 Å². The van der Waals surface area contributed by atoms with Crippen molar-refractivity contribution in [1.82, 2.24) is 4.90 Å². The number of hydrogen-bond donors (Lipinski definition) is 1. The number of likely N-dealkylation sites (tertiary alicyclic amines) is 1. The zero-order valence-corrected chi connectivity index (χ0v) is 18.2. The fraction of sp³-hybridized carbons (Fsp3) is 0.500. The van der Waals surface area contributed by atoms with Crippen molar-refractivity contribution in [2.45, 2.75) is 56.6 Å². The fourth-order valence-corrected chi connectivity index (χ4v) is 6.73. The summed E-state index contributed by atoms with van der Waals surface area (Å²) >= 11 is 0. The number of nitrogens with zero attached hydrogens (tertiary/aromatic N) is 1. The zero-order chi connectivity index (χ0) is 21.7. The summed E-state index contributed by atoms with van der Waals surface area (Å²) in [5.74, 6) is 2.56. The van der Waals surface area contributed by atoms with E-state index in [2.05, 4.69) is 18.2 Å². The van der Waals surface area contributed by atoms with Gasteiger partial charge in [0.05, 0.1) is 0 Å². The molecule has 3 unspecified atom stereocenters. The summed E-state index contributed by atoms with van der Waals surface area (Å²) in [4.78, 5) is 13.7. The topological polar surface area (TPSA) is 68.2 Å². The maximum absolute atomic E-state index is 12.1. The maximum atomic E-state index is 12.1. The highest BCUT2D eigenvalue weighted by molar-refractivity contribution is 5.68. The number of hydrogen-bond acceptors (Lipinski definition) is 4. The van der Waals surface area contributed by atoms with Crippen LogP contribution in [0.5, 0.6) is 17.2 Å². The Morgan fingerprint density at radius 3 is 2.75 bits per heavy atom. The van der Waals surface area contributed by atoms with Gasteiger partial charge in [-0.1, -0.05) is 43.2 Å². The van der Waals surface area contributed by atoms with Gasteiger partial charge in [0.1, 0.15) is 19.8 Å². The van der Waals surface area contributed by atoms with Crippen molar-refractivity contribution in [1.29, 1.82) is 0 Å². The number of rotatable bonds is 3. The second-order valence-corrected chi connectivity index (χ2v) is 9.54. The van der Waals surface area contributed by atoms with Crippen molar-refractivity contribution in [2.24, 2.45) is 5.92 Å². The third-order valence-corrected chi connectivity index (χ3v) is 8.07. The van der Waals surface area contributed by atoms with Crippen LogP contribution in [0.4, 0.5) is 4.79 Å². The van der Waals surface area contributed by atoms with Crippen LogP contribution in [0.25, 0.3) is 0 Å². The standard InChI is InChI=1S/C26H29NO5/c28-25(29)27-11-10-26-9-5-4-8-19(26)21(27)14-18-20(26)15-22(24-23(18)30-12-13-31-24)32-16-17-6-2-1-3-7-17/h1-3,6-7,15,19,21H,4-5,8-14,16H2,(H,28,29). The summed E-state index contributed by atoms with van der Waals surface area (Å²) in [6.07, 6.45) is 5.31. The molecule has 4 aliphatic rings. The lowest BCUT2D eigenvalue weighted by molar-refractivity contribution is -0.00413. The predicted octanol–water partition coefficient (Wildman–Crippen LogP) is 4.77. The van der Waals surface area contributed by atoms with E-state index in [4.69, 9.17) is 14.2 Å². The first-order valence-electron chi connectivity index (χ1n) is 11.8. The third kappa shape index (κ3) is 2.95. The van der Waals surface area contributed by atoms with Gasteiger partial charge >= 0.3 is 6.09 Å². The van der Waals surface area contributed by atoms with E-state index < -0.39 is 6.09 Å². The van der Waals surface area contributed by atoms with E-state index in [9.17, 15) is 9.90 Å². The van der Waals surface area contributed by atoms with Gasteiger partial charge in [0.15, 0.2) is 11.5 Å². The summed E-state index contributed by atoms with van der Waals surface area (Å²) in [5, 5.41) is 9.90. The number of fused-ring (bicyclic) bond motifs is 3. The van der Waals surface area contributed by atoms with Crippen molar-refractivity contribution in [3.05, 3.63) is 53.1 Å². The van der Waals surface area contributed by atoms with E-state index >= 15 is 0 Å². The Morgan fingerprint density at radius 1 is 1.12 bits per heavy atom. The molecule has 6 rings (SSSR count). The summed E-state index contributed by atoms with van der Waals surface area (Å²) in [5.41, 5.74) is 3.57. The van der Waals surface area contributed by atoms with E-state index in [1.54, 1.807) is 4.90 Å². The molecule has 168 valence electrons. The minimum atomic E-state index is -0.800. The molecule has 6 heteroatoms. The zero-order valence-electron chi connectivity index (χ0n) is 18.2. The van der Waals surface area contributed by atoms with Crippen LogP contribution in [0.1, 0.15) is 48.8 Å². The van der Waals surface area contributed by atoms with Crippen molar-refractivity contribution >= 4 is 6.09 Å². The molecule has 1 amide bonds. The molecule has 6 nitrogen and oxygen atoms in total. The molecule has 1 saturated heterocycles. The quantitative estimate of drug-likeness (QED) is 0.752. The molecule has 3 atom stereocenters. The van der Waals surface area contributed by atoms with Gasteiger partial charge in [-0.3, -0.25) is 0 Å². The molecule has 2 aromatic rings. The highest BCUT2D eigenvalue weighted by atomic mass is 16.6. The Morgan fingerprint density at radius 2 is 1.94 bits per heavy atom. The molecule has 2 fully saturated rings. The highest BCUT2D eigenvalue weighted by Crippen LogP contribution is 2.60. The maximum Gasteiger partial charge on any atom is 0.407 e. The SMILES string of the molecule is O=C(O)N1CCC23CCCCC2C1Cc1c3cc(OCc2ccccc2)c2c1OCCO2. The predicted molar refractivity (Wildman–Crippen MR) is 119 cm³/mol. The molecule has 1 saturated carbocycles. The normalized spacial score (nSPS) is 27.8. The Hall–Kier alpha value is -2.89. The van der Waals surface area contributed by atoms with E-state index in [-0.39, 0.29) is 11.5 Å². The van der Waals surface area contributed by atoms with Crippen LogP contribution >= 0.6 is 0 Å². The molecule has 0 aromatic heterocycles. The smallest absolute Gasteiger partial charge is 0.407 e. The van der Waals surface area contributed by atoms with Crippen LogP contribution < -0.4 is 14.2 Å². The van der Waals surface area contributed by atoms with Crippen LogP contribution in [0.15, 0.2) is 36.4 Å². The van der Waals surface area contributed by atoms with Gasteiger partial charge in [-0.25, -0.2) is 4.79 Å². The number of carbonyl (C=O) groups is 1. The Balaban J connectivity index is 1.46. The molecule has 2 heterocycles. The first-order chi connectivity index (χ1) is 15.7. The summed E-state index contributed by atoms with van der Waals surface area (Å²) < 4.78 is 18.6. The number of amides is 1. The second kappa shape index (κ2) is 7.61. The number of benzene rings is 2. The summed E-state index contributed by atoms with van der Waals surface area (Å²) in [6.45, 7) is 2.07. The first kappa shape index (κ1) is 19.8. The lowest BCUT2D eigenvalue weighted by Crippen LogP contribution is -2.62. The van der Waals surface area contributed by atoms with E-state index in [1.165, 1.54) is 18.4 Å². The number of carboxylic acid groups (broad SMARTS) is 1. The van der Waals surface area contributed by atoms with Crippen molar-refractivity contribution in [3.8, 4) is 17.2 Å². The van der Waals surface area contributed by atoms with Gasteiger partial charge in [-0.05, 0) is 48.8 Å². The second-order valence-electron chi connectivity index (χ2n) is 9.54. The van der Waals surface area contributed by atoms with E-state index in [0.717, 1.165) is 41.9 Å². The highest BCUT2D eigenvalue weighted by Gasteiger charge is 2.56. The first-order valence-corrected chi connectivity index (χ1v) is 11.8. The minimum Gasteiger partial charge on any atom is -0.486 e. The average molecular weight is 436 g/mol. The molecular weight excluding hydrogens is 406 g/mol. The number of piperidine rings is 1. The molecule has 2 aliphatic carbocycles. The van der Waals surface area contributed by atoms with Gasteiger partial charge in [-0.15, -0.1) is 0 Å². The van der Waals surface area contributed by atoms with Crippen LogP contribution in [-0.4, -0.2) is 41.9 Å². The molecule has 2 bridgehead atoms. The number of ether oxygens (including phenoxy) is 3. The van der Waals surface area contributed by atoms with Crippen LogP contribution in [-0.2, 0) is 18.4 Å². The minimum absolute atomic E-state index is 0.00312. The molecule has 0 radical (unpaired) electrons. The molecule has 32 heavy (non-hydrogen) atoms. The van der Waals surface area contributed by atoms with Gasteiger partial charge in [0, 0.05) is 23.6 Å². The molecule has 2 aromatic carbocycles. The Kier molecular flexibility index (Phi) is 4.70. The van der Waals surface area contributed by atoms with Gasteiger partial charge in [-0.2, -0.15) is 0 Å². The largest absolute Gasteiger partial charge is 0.486 e. The summed E-state index contributed by atoms with van der Waals surface area (Å²) in [7, 11) is 0. The average Bonchev–Trinajstić information content (AvgIpc) is 2.83. The lowest BCUT2D eigenvalue weighted by atomic mass is 9.52. The van der Waals surface area contributed by atoms with E-state index in [0.29, 0.717) is 44.5 Å². The Labute approximate surface area is 188 Å². The molecule has 0 spiro atoms. The van der Waals surface area contributed by atoms with Crippen LogP contribution in [0.2, 0.25) is 0 Å². The van der Waals surface area contributed by atoms with Crippen LogP contribution in [0.3, 0.4) is 0 Å². The van der Waals surface area contributed by atoms with Crippen molar-refractivity contribution in [3.63, 3.8) is 0 Å². The van der Waals surface area contributed by atoms with Gasteiger partial charge in [0.2, 0.25) is 5.75 Å².